The predicted molar refractivity (Wildman–Crippen MR) is 81.8 cm³/mol. The third-order valence-corrected chi connectivity index (χ3v) is 7.81. The Morgan fingerprint density at radius 1 is 1.10 bits per heavy atom. The lowest BCUT2D eigenvalue weighted by molar-refractivity contribution is -0.128. The summed E-state index contributed by atoms with van der Waals surface area (Å²) in [5, 5.41) is 0. The summed E-state index contributed by atoms with van der Waals surface area (Å²) in [6.45, 7) is 0. The van der Waals surface area contributed by atoms with Gasteiger partial charge >= 0.3 is 0 Å². The lowest BCUT2D eigenvalue weighted by Gasteiger charge is -2.56. The third-order valence-electron chi connectivity index (χ3n) is 5.68. The molecule has 3 nitrogen and oxygen atoms in total. The van der Waals surface area contributed by atoms with Gasteiger partial charge in [0.1, 0.15) is 0 Å². The van der Waals surface area contributed by atoms with E-state index in [4.69, 9.17) is 0 Å². The fourth-order valence-electron chi connectivity index (χ4n) is 5.10. The van der Waals surface area contributed by atoms with Crippen LogP contribution in [0.1, 0.15) is 51.4 Å². The minimum absolute atomic E-state index is 0.135. The zero-order valence-corrected chi connectivity index (χ0v) is 13.6. The van der Waals surface area contributed by atoms with Gasteiger partial charge in [0.2, 0.25) is 5.91 Å². The van der Waals surface area contributed by atoms with Crippen LogP contribution in [0.5, 0.6) is 0 Å². The van der Waals surface area contributed by atoms with E-state index >= 15 is 0 Å². The maximum absolute atomic E-state index is 12.8. The summed E-state index contributed by atoms with van der Waals surface area (Å²) in [5.41, 5.74) is 0. The van der Waals surface area contributed by atoms with Gasteiger partial charge in [-0.15, -0.1) is 0 Å². The minimum Gasteiger partial charge on any atom is -0.349 e. The average Bonchev–Trinajstić information content (AvgIpc) is 2.36. The Balaban J connectivity index is 1.56. The molecule has 1 atom stereocenters. The van der Waals surface area contributed by atoms with Gasteiger partial charge in [0.05, 0.1) is 0 Å². The van der Waals surface area contributed by atoms with Crippen LogP contribution in [0.25, 0.3) is 0 Å². The Morgan fingerprint density at radius 2 is 1.60 bits per heavy atom. The summed E-state index contributed by atoms with van der Waals surface area (Å²) in [6.07, 6.45) is 9.13. The SMILES string of the molecule is CN(C)C(=O)CCCS(=O)C12CC3CC(CC(C3)C1)C2. The average molecular weight is 297 g/mol. The first-order valence-corrected chi connectivity index (χ1v) is 9.39. The first kappa shape index (κ1) is 14.6. The molecule has 4 bridgehead atoms. The van der Waals surface area contributed by atoms with Gasteiger partial charge in [-0.05, 0) is 62.7 Å². The lowest BCUT2D eigenvalue weighted by Crippen LogP contribution is -2.53. The molecule has 4 heteroatoms. The second-order valence-corrected chi connectivity index (χ2v) is 9.51. The molecule has 0 radical (unpaired) electrons. The fourth-order valence-corrected chi connectivity index (χ4v) is 7.21. The van der Waals surface area contributed by atoms with Crippen molar-refractivity contribution in [3.63, 3.8) is 0 Å². The number of hydrogen-bond acceptors (Lipinski definition) is 2. The molecule has 0 saturated heterocycles. The van der Waals surface area contributed by atoms with Crippen LogP contribution in [0, 0.1) is 17.8 Å². The first-order valence-electron chi connectivity index (χ1n) is 8.07. The molecule has 0 aliphatic heterocycles. The highest BCUT2D eigenvalue weighted by Gasteiger charge is 2.53. The highest BCUT2D eigenvalue weighted by atomic mass is 32.2. The Hall–Kier alpha value is -0.380. The second-order valence-electron chi connectivity index (χ2n) is 7.54. The molecule has 0 spiro atoms. The standard InChI is InChI=1S/C16H27NO2S/c1-17(2)15(18)4-3-5-20(19)16-9-12-6-13(10-16)8-14(7-12)11-16/h12-14H,3-11H2,1-2H3. The van der Waals surface area contributed by atoms with Gasteiger partial charge in [-0.2, -0.15) is 0 Å². The largest absolute Gasteiger partial charge is 0.349 e. The summed E-state index contributed by atoms with van der Waals surface area (Å²) in [6, 6.07) is 0. The van der Waals surface area contributed by atoms with Crippen LogP contribution in [0.4, 0.5) is 0 Å². The molecular weight excluding hydrogens is 270 g/mol. The third kappa shape index (κ3) is 2.68. The van der Waals surface area contributed by atoms with Crippen LogP contribution >= 0.6 is 0 Å². The van der Waals surface area contributed by atoms with Crippen molar-refractivity contribution < 1.29 is 9.00 Å². The van der Waals surface area contributed by atoms with E-state index in [-0.39, 0.29) is 10.7 Å². The van der Waals surface area contributed by atoms with Crippen molar-refractivity contribution in [1.29, 1.82) is 0 Å². The van der Waals surface area contributed by atoms with Crippen LogP contribution in [0.15, 0.2) is 0 Å². The summed E-state index contributed by atoms with van der Waals surface area (Å²) in [5.74, 6) is 3.45. The van der Waals surface area contributed by atoms with Crippen LogP contribution in [0.2, 0.25) is 0 Å². The van der Waals surface area contributed by atoms with Crippen LogP contribution in [0.3, 0.4) is 0 Å². The zero-order chi connectivity index (χ0) is 14.3. The van der Waals surface area contributed by atoms with E-state index in [9.17, 15) is 9.00 Å². The van der Waals surface area contributed by atoms with E-state index in [0.29, 0.717) is 6.42 Å². The van der Waals surface area contributed by atoms with Gasteiger partial charge in [-0.1, -0.05) is 0 Å². The first-order chi connectivity index (χ1) is 9.48. The van der Waals surface area contributed by atoms with E-state index < -0.39 is 10.8 Å². The molecule has 0 N–H and O–H groups in total. The molecular formula is C16H27NO2S. The molecule has 0 aromatic heterocycles. The maximum Gasteiger partial charge on any atom is 0.222 e. The van der Waals surface area contributed by atoms with Crippen molar-refractivity contribution in [2.45, 2.75) is 56.1 Å². The summed E-state index contributed by atoms with van der Waals surface area (Å²) < 4.78 is 13.0. The smallest absolute Gasteiger partial charge is 0.222 e. The number of amides is 1. The van der Waals surface area contributed by atoms with Gasteiger partial charge in [0, 0.05) is 41.8 Å². The molecule has 20 heavy (non-hydrogen) atoms. The molecule has 4 aliphatic rings. The Bertz CT molecular complexity index is 383. The van der Waals surface area contributed by atoms with Gasteiger partial charge in [-0.25, -0.2) is 0 Å². The number of nitrogens with zero attached hydrogens (tertiary/aromatic N) is 1. The molecule has 0 aromatic carbocycles. The number of carbonyl (C=O) groups is 1. The molecule has 0 heterocycles. The fraction of sp³-hybridized carbons (Fsp3) is 0.938. The lowest BCUT2D eigenvalue weighted by atomic mass is 9.56. The number of carbonyl (C=O) groups excluding carboxylic acids is 1. The summed E-state index contributed by atoms with van der Waals surface area (Å²) in [7, 11) is 2.85. The Morgan fingerprint density at radius 3 is 2.05 bits per heavy atom. The van der Waals surface area contributed by atoms with Gasteiger partial charge < -0.3 is 4.90 Å². The summed E-state index contributed by atoms with van der Waals surface area (Å²) in [4.78, 5) is 13.2. The van der Waals surface area contributed by atoms with E-state index in [1.165, 1.54) is 38.5 Å². The van der Waals surface area contributed by atoms with Crippen molar-refractivity contribution in [2.24, 2.45) is 17.8 Å². The monoisotopic (exact) mass is 297 g/mol. The highest BCUT2D eigenvalue weighted by molar-refractivity contribution is 7.86. The molecule has 4 saturated carbocycles. The van der Waals surface area contributed by atoms with Gasteiger partial charge in [0.25, 0.3) is 0 Å². The van der Waals surface area contributed by atoms with Crippen molar-refractivity contribution in [3.05, 3.63) is 0 Å². The molecule has 114 valence electrons. The van der Waals surface area contributed by atoms with Gasteiger partial charge in [0.15, 0.2) is 0 Å². The molecule has 4 aliphatic carbocycles. The van der Waals surface area contributed by atoms with Crippen molar-refractivity contribution in [2.75, 3.05) is 19.8 Å². The second kappa shape index (κ2) is 5.43. The van der Waals surface area contributed by atoms with Crippen molar-refractivity contribution in [3.8, 4) is 0 Å². The summed E-state index contributed by atoms with van der Waals surface area (Å²) >= 11 is 0. The number of hydrogen-bond donors (Lipinski definition) is 0. The van der Waals surface area contributed by atoms with E-state index in [0.717, 1.165) is 29.9 Å². The van der Waals surface area contributed by atoms with Crippen LogP contribution in [-0.2, 0) is 15.6 Å². The molecule has 1 unspecified atom stereocenters. The zero-order valence-electron chi connectivity index (χ0n) is 12.8. The van der Waals surface area contributed by atoms with E-state index in [1.807, 2.05) is 0 Å². The molecule has 0 aromatic rings. The topological polar surface area (TPSA) is 37.4 Å². The quantitative estimate of drug-likeness (QED) is 0.782. The van der Waals surface area contributed by atoms with Gasteiger partial charge in [-0.3, -0.25) is 9.00 Å². The maximum atomic E-state index is 12.8. The molecule has 4 fully saturated rings. The van der Waals surface area contributed by atoms with E-state index in [1.54, 1.807) is 19.0 Å². The minimum atomic E-state index is -0.725. The van der Waals surface area contributed by atoms with Crippen LogP contribution < -0.4 is 0 Å². The molecule has 1 amide bonds. The van der Waals surface area contributed by atoms with Crippen molar-refractivity contribution in [1.82, 2.24) is 4.90 Å². The van der Waals surface area contributed by atoms with Crippen LogP contribution in [-0.4, -0.2) is 39.6 Å². The van der Waals surface area contributed by atoms with E-state index in [2.05, 4.69) is 0 Å². The Labute approximate surface area is 124 Å². The predicted octanol–water partition coefficient (Wildman–Crippen LogP) is 2.57. The highest BCUT2D eigenvalue weighted by Crippen LogP contribution is 2.57. The molecule has 4 rings (SSSR count). The normalized spacial score (nSPS) is 39.8. The Kier molecular flexibility index (Phi) is 3.95. The number of rotatable bonds is 5. The van der Waals surface area contributed by atoms with Crippen molar-refractivity contribution >= 4 is 16.7 Å².